The van der Waals surface area contributed by atoms with Crippen molar-refractivity contribution in [3.8, 4) is 6.07 Å². The lowest BCUT2D eigenvalue weighted by Crippen LogP contribution is -2.23. The third-order valence-electron chi connectivity index (χ3n) is 5.55. The summed E-state index contributed by atoms with van der Waals surface area (Å²) in [4.78, 5) is 24.3. The Morgan fingerprint density at radius 3 is 2.85 bits per heavy atom. The van der Waals surface area contributed by atoms with Gasteiger partial charge in [-0.25, -0.2) is 4.39 Å². The number of nitrogens with one attached hydrogen (secondary N) is 2. The molecule has 2 aromatic carbocycles. The van der Waals surface area contributed by atoms with Gasteiger partial charge in [0.05, 0.1) is 16.1 Å². The van der Waals surface area contributed by atoms with Crippen molar-refractivity contribution in [3.63, 3.8) is 0 Å². The van der Waals surface area contributed by atoms with Gasteiger partial charge in [0.1, 0.15) is 11.9 Å². The van der Waals surface area contributed by atoms with Gasteiger partial charge in [-0.2, -0.15) is 5.26 Å². The molecule has 5 rings (SSSR count). The number of aromatic amines is 1. The average molecular weight is 470 g/mol. The normalized spacial score (nSPS) is 11.0. The van der Waals surface area contributed by atoms with E-state index in [9.17, 15) is 14.4 Å². The first-order chi connectivity index (χ1) is 16.5. The van der Waals surface area contributed by atoms with E-state index in [2.05, 4.69) is 26.3 Å². The highest BCUT2D eigenvalue weighted by Gasteiger charge is 2.12. The molecule has 3 aromatic heterocycles. The second-order valence-electron chi connectivity index (χ2n) is 7.88. The van der Waals surface area contributed by atoms with E-state index in [4.69, 9.17) is 11.6 Å². The molecular weight excluding hydrogens is 453 g/mol. The molecule has 0 saturated heterocycles. The third-order valence-corrected chi connectivity index (χ3v) is 5.76. The predicted octanol–water partition coefficient (Wildman–Crippen LogP) is 5.30. The lowest BCUT2D eigenvalue weighted by molar-refractivity contribution is 0.0950. The van der Waals surface area contributed by atoms with Crippen molar-refractivity contribution in [2.45, 2.75) is 13.0 Å². The number of halogens is 2. The van der Waals surface area contributed by atoms with Crippen molar-refractivity contribution >= 4 is 39.3 Å². The molecule has 8 heteroatoms. The van der Waals surface area contributed by atoms with Crippen LogP contribution in [0.4, 0.5) is 4.39 Å². The van der Waals surface area contributed by atoms with Gasteiger partial charge in [0, 0.05) is 59.3 Å². The first kappa shape index (κ1) is 21.6. The molecule has 34 heavy (non-hydrogen) atoms. The summed E-state index contributed by atoms with van der Waals surface area (Å²) in [7, 11) is 0. The molecule has 3 heterocycles. The molecule has 0 spiro atoms. The zero-order chi connectivity index (χ0) is 23.7. The highest BCUT2D eigenvalue weighted by atomic mass is 35.5. The minimum atomic E-state index is -0.384. The van der Waals surface area contributed by atoms with E-state index in [0.29, 0.717) is 44.9 Å². The van der Waals surface area contributed by atoms with E-state index < -0.39 is 0 Å². The number of H-pyrrole nitrogens is 1. The predicted molar refractivity (Wildman–Crippen MR) is 128 cm³/mol. The summed E-state index contributed by atoms with van der Waals surface area (Å²) in [6.45, 7) is 0.0629. The van der Waals surface area contributed by atoms with Crippen molar-refractivity contribution in [2.24, 2.45) is 0 Å². The average Bonchev–Trinajstić information content (AvgIpc) is 3.28. The molecule has 2 N–H and O–H groups in total. The van der Waals surface area contributed by atoms with Crippen LogP contribution < -0.4 is 5.32 Å². The Morgan fingerprint density at radius 2 is 2.00 bits per heavy atom. The minimum absolute atomic E-state index is 0.0629. The van der Waals surface area contributed by atoms with E-state index in [1.54, 1.807) is 42.7 Å². The highest BCUT2D eigenvalue weighted by Crippen LogP contribution is 2.23. The fourth-order valence-corrected chi connectivity index (χ4v) is 4.10. The number of nitrogens with zero attached hydrogens (tertiary/aromatic N) is 3. The third kappa shape index (κ3) is 4.32. The van der Waals surface area contributed by atoms with Gasteiger partial charge in [0.15, 0.2) is 0 Å². The number of carbonyl (C=O) groups excluding carboxylic acids is 1. The van der Waals surface area contributed by atoms with Crippen LogP contribution in [0.1, 0.15) is 32.7 Å². The van der Waals surface area contributed by atoms with E-state index in [0.717, 1.165) is 16.3 Å². The van der Waals surface area contributed by atoms with Crippen LogP contribution in [0.3, 0.4) is 0 Å². The molecule has 0 fully saturated rings. The minimum Gasteiger partial charge on any atom is -0.361 e. The molecule has 0 bridgehead atoms. The molecule has 0 atom stereocenters. The summed E-state index contributed by atoms with van der Waals surface area (Å²) in [5.41, 5.74) is 4.06. The quantitative estimate of drug-likeness (QED) is 0.365. The van der Waals surface area contributed by atoms with Gasteiger partial charge in [0.2, 0.25) is 0 Å². The Hall–Kier alpha value is -4.28. The van der Waals surface area contributed by atoms with Crippen molar-refractivity contribution in [2.75, 3.05) is 0 Å². The van der Waals surface area contributed by atoms with E-state index in [-0.39, 0.29) is 18.3 Å². The van der Waals surface area contributed by atoms with Gasteiger partial charge < -0.3 is 10.3 Å². The van der Waals surface area contributed by atoms with Crippen molar-refractivity contribution in [3.05, 3.63) is 106 Å². The lowest BCUT2D eigenvalue weighted by atomic mass is 10.0. The van der Waals surface area contributed by atoms with E-state index in [1.165, 1.54) is 12.3 Å². The molecule has 5 aromatic rings. The Bertz CT molecular complexity index is 1600. The summed E-state index contributed by atoms with van der Waals surface area (Å²) in [5.74, 6) is -0.714. The van der Waals surface area contributed by atoms with Gasteiger partial charge in [-0.1, -0.05) is 11.6 Å². The van der Waals surface area contributed by atoms with E-state index in [1.807, 2.05) is 12.1 Å². The SMILES string of the molecule is N#Cc1cc(Cc2cc(C(=O)NCc3cc4cc[nH]c4cc3F)ccn2)cc2cc(Cl)cnc12. The van der Waals surface area contributed by atoms with Crippen molar-refractivity contribution < 1.29 is 9.18 Å². The Balaban J connectivity index is 1.34. The van der Waals surface area contributed by atoms with Crippen molar-refractivity contribution in [1.82, 2.24) is 20.3 Å². The zero-order valence-corrected chi connectivity index (χ0v) is 18.5. The first-order valence-electron chi connectivity index (χ1n) is 10.5. The maximum Gasteiger partial charge on any atom is 0.251 e. The summed E-state index contributed by atoms with van der Waals surface area (Å²) >= 11 is 6.06. The smallest absolute Gasteiger partial charge is 0.251 e. The van der Waals surface area contributed by atoms with Crippen LogP contribution in [0.15, 0.2) is 67.1 Å². The molecule has 166 valence electrons. The molecule has 0 aliphatic carbocycles. The van der Waals surface area contributed by atoms with Crippen molar-refractivity contribution in [1.29, 1.82) is 5.26 Å². The fraction of sp³-hybridized carbons (Fsp3) is 0.0769. The van der Waals surface area contributed by atoms with Crippen LogP contribution in [0.2, 0.25) is 5.02 Å². The number of benzene rings is 2. The summed E-state index contributed by atoms with van der Waals surface area (Å²) < 4.78 is 14.3. The van der Waals surface area contributed by atoms with Gasteiger partial charge in [-0.05, 0) is 59.5 Å². The lowest BCUT2D eigenvalue weighted by Gasteiger charge is -2.09. The second kappa shape index (κ2) is 8.93. The van der Waals surface area contributed by atoms with Gasteiger partial charge in [-0.15, -0.1) is 0 Å². The molecule has 0 unspecified atom stereocenters. The standard InChI is InChI=1S/C26H17ClFN5O/c27-21-9-18-5-15(6-19(12-29)25(18)32-14-21)7-22-10-17(2-3-30-22)26(34)33-13-20-8-16-1-4-31-24(16)11-23(20)28/h1-6,8-11,14,31H,7,13H2,(H,33,34). The number of amides is 1. The van der Waals surface area contributed by atoms with Crippen LogP contribution >= 0.6 is 11.6 Å². The van der Waals surface area contributed by atoms with Gasteiger partial charge in [0.25, 0.3) is 5.91 Å². The largest absolute Gasteiger partial charge is 0.361 e. The summed E-state index contributed by atoms with van der Waals surface area (Å²) in [6.07, 6.45) is 5.22. The van der Waals surface area contributed by atoms with Crippen LogP contribution in [-0.4, -0.2) is 20.9 Å². The van der Waals surface area contributed by atoms with Gasteiger partial charge in [-0.3, -0.25) is 14.8 Å². The zero-order valence-electron chi connectivity index (χ0n) is 17.8. The molecule has 0 saturated carbocycles. The second-order valence-corrected chi connectivity index (χ2v) is 8.32. The number of pyridine rings is 2. The summed E-state index contributed by atoms with van der Waals surface area (Å²) in [5, 5.41) is 14.4. The van der Waals surface area contributed by atoms with Gasteiger partial charge >= 0.3 is 0 Å². The van der Waals surface area contributed by atoms with Crippen LogP contribution in [0.25, 0.3) is 21.8 Å². The number of fused-ring (bicyclic) bond motifs is 2. The molecule has 0 radical (unpaired) electrons. The number of aromatic nitrogens is 3. The first-order valence-corrected chi connectivity index (χ1v) is 10.8. The monoisotopic (exact) mass is 469 g/mol. The number of carbonyl (C=O) groups is 1. The maximum absolute atomic E-state index is 14.3. The highest BCUT2D eigenvalue weighted by molar-refractivity contribution is 6.31. The topological polar surface area (TPSA) is 94.5 Å². The van der Waals surface area contributed by atoms with Crippen LogP contribution in [0.5, 0.6) is 0 Å². The molecule has 0 aliphatic heterocycles. The Morgan fingerprint density at radius 1 is 1.12 bits per heavy atom. The maximum atomic E-state index is 14.3. The molecule has 6 nitrogen and oxygen atoms in total. The van der Waals surface area contributed by atoms with E-state index >= 15 is 0 Å². The Kier molecular flexibility index (Phi) is 5.66. The number of rotatable bonds is 5. The molecule has 1 amide bonds. The molecule has 0 aliphatic rings. The Labute approximate surface area is 199 Å². The fourth-order valence-electron chi connectivity index (χ4n) is 3.93. The summed E-state index contributed by atoms with van der Waals surface area (Å²) in [6, 6.07) is 15.9. The number of hydrogen-bond acceptors (Lipinski definition) is 4. The number of hydrogen-bond donors (Lipinski definition) is 2. The van der Waals surface area contributed by atoms with Crippen LogP contribution in [-0.2, 0) is 13.0 Å². The number of nitriles is 1. The molecular formula is C26H17ClFN5O. The van der Waals surface area contributed by atoms with Crippen LogP contribution in [0, 0.1) is 17.1 Å².